The lowest BCUT2D eigenvalue weighted by Crippen LogP contribution is -2.35. The number of likely N-dealkylation sites (tertiary alicyclic amines) is 1. The van der Waals surface area contributed by atoms with E-state index in [-0.39, 0.29) is 18.6 Å². The summed E-state index contributed by atoms with van der Waals surface area (Å²) in [6.45, 7) is 2.95. The first-order valence-electron chi connectivity index (χ1n) is 8.56. The van der Waals surface area contributed by atoms with E-state index >= 15 is 0 Å². The second kappa shape index (κ2) is 6.67. The Kier molecular flexibility index (Phi) is 4.20. The number of carbonyl (C=O) groups is 1. The molecule has 1 unspecified atom stereocenters. The monoisotopic (exact) mass is 353 g/mol. The molecular weight excluding hydrogens is 334 g/mol. The number of fused-ring (bicyclic) bond motifs is 1. The fourth-order valence-electron chi connectivity index (χ4n) is 3.20. The third kappa shape index (κ3) is 3.20. The first-order valence-corrected chi connectivity index (χ1v) is 8.56. The summed E-state index contributed by atoms with van der Waals surface area (Å²) in [5.41, 5.74) is 2.00. The molecule has 3 heterocycles. The molecule has 0 aliphatic carbocycles. The van der Waals surface area contributed by atoms with Crippen molar-refractivity contribution in [1.29, 1.82) is 0 Å². The number of rotatable bonds is 4. The van der Waals surface area contributed by atoms with E-state index in [9.17, 15) is 9.59 Å². The maximum absolute atomic E-state index is 12.6. The lowest BCUT2D eigenvalue weighted by atomic mass is 10.3. The average molecular weight is 353 g/mol. The molecule has 1 aliphatic rings. The van der Waals surface area contributed by atoms with Gasteiger partial charge in [0.05, 0.1) is 12.1 Å². The van der Waals surface area contributed by atoms with Crippen LogP contribution < -0.4 is 10.5 Å². The van der Waals surface area contributed by atoms with Gasteiger partial charge >= 0.3 is 5.76 Å². The lowest BCUT2D eigenvalue weighted by molar-refractivity contribution is -0.131. The number of ether oxygens (including phenoxy) is 1. The number of carbonyl (C=O) groups excluding carboxylic acids is 1. The Hall–Kier alpha value is -3.09. The molecular formula is C19H19N3O4. The summed E-state index contributed by atoms with van der Waals surface area (Å²) < 4.78 is 12.4. The average Bonchev–Trinajstić information content (AvgIpc) is 3.20. The highest BCUT2D eigenvalue weighted by Gasteiger charge is 2.28. The van der Waals surface area contributed by atoms with Crippen molar-refractivity contribution in [2.75, 3.05) is 13.1 Å². The Morgan fingerprint density at radius 3 is 2.96 bits per heavy atom. The smallest absolute Gasteiger partial charge is 0.420 e. The maximum Gasteiger partial charge on any atom is 0.420 e. The molecule has 1 aliphatic heterocycles. The maximum atomic E-state index is 12.6. The number of benzene rings is 1. The summed E-state index contributed by atoms with van der Waals surface area (Å²) in [4.78, 5) is 30.7. The Morgan fingerprint density at radius 1 is 1.27 bits per heavy atom. The number of oxazole rings is 1. The molecule has 26 heavy (non-hydrogen) atoms. The van der Waals surface area contributed by atoms with Crippen molar-refractivity contribution in [2.24, 2.45) is 0 Å². The number of hydrogen-bond donors (Lipinski definition) is 0. The molecule has 0 radical (unpaired) electrons. The van der Waals surface area contributed by atoms with Crippen LogP contribution in [0.5, 0.6) is 5.88 Å². The van der Waals surface area contributed by atoms with Crippen LogP contribution in [0.2, 0.25) is 0 Å². The van der Waals surface area contributed by atoms with Gasteiger partial charge in [-0.25, -0.2) is 9.78 Å². The standard InChI is InChI=1S/C19H19N3O4/c1-13-5-4-8-17(20-13)25-14-9-10-21(11-14)18(23)12-22-15-6-2-3-7-16(15)26-19(22)24/h2-8,14H,9-12H2,1H3. The minimum Gasteiger partial charge on any atom is -0.472 e. The van der Waals surface area contributed by atoms with Crippen LogP contribution in [-0.2, 0) is 11.3 Å². The van der Waals surface area contributed by atoms with Gasteiger partial charge in [-0.2, -0.15) is 0 Å². The molecule has 1 amide bonds. The fourth-order valence-corrected chi connectivity index (χ4v) is 3.20. The molecule has 7 nitrogen and oxygen atoms in total. The van der Waals surface area contributed by atoms with Crippen LogP contribution in [0.3, 0.4) is 0 Å². The number of para-hydroxylation sites is 2. The zero-order chi connectivity index (χ0) is 18.1. The van der Waals surface area contributed by atoms with Gasteiger partial charge in [0.15, 0.2) is 5.58 Å². The molecule has 7 heteroatoms. The minimum atomic E-state index is -0.518. The van der Waals surface area contributed by atoms with Crippen molar-refractivity contribution in [3.05, 3.63) is 58.7 Å². The van der Waals surface area contributed by atoms with E-state index in [1.54, 1.807) is 23.1 Å². The Morgan fingerprint density at radius 2 is 2.12 bits per heavy atom. The number of hydrogen-bond acceptors (Lipinski definition) is 5. The molecule has 1 fully saturated rings. The lowest BCUT2D eigenvalue weighted by Gasteiger charge is -2.17. The van der Waals surface area contributed by atoms with Crippen LogP contribution in [0.4, 0.5) is 0 Å². The van der Waals surface area contributed by atoms with Gasteiger partial charge in [0.2, 0.25) is 11.8 Å². The van der Waals surface area contributed by atoms with Gasteiger partial charge in [-0.1, -0.05) is 18.2 Å². The van der Waals surface area contributed by atoms with E-state index in [0.717, 1.165) is 12.1 Å². The molecule has 2 aromatic heterocycles. The summed E-state index contributed by atoms with van der Waals surface area (Å²) in [5.74, 6) is -0.0705. The van der Waals surface area contributed by atoms with E-state index in [4.69, 9.17) is 9.15 Å². The van der Waals surface area contributed by atoms with Crippen LogP contribution >= 0.6 is 0 Å². The number of amides is 1. The Bertz CT molecular complexity index is 1010. The van der Waals surface area contributed by atoms with Gasteiger partial charge < -0.3 is 14.1 Å². The number of pyridine rings is 1. The summed E-state index contributed by atoms with van der Waals surface area (Å²) in [5, 5.41) is 0. The Balaban J connectivity index is 1.43. The van der Waals surface area contributed by atoms with Gasteiger partial charge in [-0.05, 0) is 25.1 Å². The molecule has 1 atom stereocenters. The van der Waals surface area contributed by atoms with Crippen LogP contribution in [0.15, 0.2) is 51.7 Å². The zero-order valence-electron chi connectivity index (χ0n) is 14.4. The van der Waals surface area contributed by atoms with Crippen LogP contribution in [0, 0.1) is 6.92 Å². The first-order chi connectivity index (χ1) is 12.6. The predicted octanol–water partition coefficient (Wildman–Crippen LogP) is 1.98. The zero-order valence-corrected chi connectivity index (χ0v) is 14.4. The summed E-state index contributed by atoms with van der Waals surface area (Å²) in [6.07, 6.45) is 0.647. The van der Waals surface area contributed by atoms with Gasteiger partial charge in [0, 0.05) is 24.7 Å². The normalized spacial score (nSPS) is 17.0. The van der Waals surface area contributed by atoms with E-state index < -0.39 is 5.76 Å². The van der Waals surface area contributed by atoms with E-state index in [1.807, 2.05) is 31.2 Å². The SMILES string of the molecule is Cc1cccc(OC2CCN(C(=O)Cn3c(=O)oc4ccccc43)C2)n1. The van der Waals surface area contributed by atoms with Crippen molar-refractivity contribution in [3.8, 4) is 5.88 Å². The molecule has 3 aromatic rings. The van der Waals surface area contributed by atoms with Crippen molar-refractivity contribution < 1.29 is 13.9 Å². The van der Waals surface area contributed by atoms with Gasteiger partial charge in [0.1, 0.15) is 12.6 Å². The molecule has 1 saturated heterocycles. The number of aromatic nitrogens is 2. The molecule has 0 saturated carbocycles. The highest BCUT2D eigenvalue weighted by atomic mass is 16.5. The largest absolute Gasteiger partial charge is 0.472 e. The topological polar surface area (TPSA) is 77.6 Å². The number of nitrogens with zero attached hydrogens (tertiary/aromatic N) is 3. The summed E-state index contributed by atoms with van der Waals surface area (Å²) in [7, 11) is 0. The fraction of sp³-hybridized carbons (Fsp3) is 0.316. The van der Waals surface area contributed by atoms with Crippen LogP contribution in [0.25, 0.3) is 11.1 Å². The summed E-state index contributed by atoms with van der Waals surface area (Å²) >= 11 is 0. The van der Waals surface area contributed by atoms with E-state index in [2.05, 4.69) is 4.98 Å². The molecule has 4 rings (SSSR count). The van der Waals surface area contributed by atoms with Crippen molar-refractivity contribution in [2.45, 2.75) is 26.0 Å². The van der Waals surface area contributed by atoms with Gasteiger partial charge in [-0.15, -0.1) is 0 Å². The predicted molar refractivity (Wildman–Crippen MR) is 95.1 cm³/mol. The third-order valence-electron chi connectivity index (χ3n) is 4.51. The third-order valence-corrected chi connectivity index (χ3v) is 4.51. The molecule has 0 spiro atoms. The van der Waals surface area contributed by atoms with Crippen LogP contribution in [0.1, 0.15) is 12.1 Å². The van der Waals surface area contributed by atoms with Crippen LogP contribution in [-0.4, -0.2) is 39.6 Å². The minimum absolute atomic E-state index is 0.0364. The Labute approximate surface area is 149 Å². The highest BCUT2D eigenvalue weighted by molar-refractivity contribution is 5.79. The van der Waals surface area contributed by atoms with Gasteiger partial charge in [-0.3, -0.25) is 9.36 Å². The van der Waals surface area contributed by atoms with Gasteiger partial charge in [0.25, 0.3) is 0 Å². The van der Waals surface area contributed by atoms with Crippen molar-refractivity contribution in [3.63, 3.8) is 0 Å². The second-order valence-corrected chi connectivity index (χ2v) is 6.41. The molecule has 1 aromatic carbocycles. The quantitative estimate of drug-likeness (QED) is 0.717. The molecule has 0 N–H and O–H groups in total. The molecule has 0 bridgehead atoms. The second-order valence-electron chi connectivity index (χ2n) is 6.41. The summed E-state index contributed by atoms with van der Waals surface area (Å²) in [6, 6.07) is 12.7. The van der Waals surface area contributed by atoms with Crippen molar-refractivity contribution in [1.82, 2.24) is 14.5 Å². The highest BCUT2D eigenvalue weighted by Crippen LogP contribution is 2.18. The number of aryl methyl sites for hydroxylation is 1. The molecule has 134 valence electrons. The van der Waals surface area contributed by atoms with E-state index in [1.165, 1.54) is 4.57 Å². The van der Waals surface area contributed by atoms with E-state index in [0.29, 0.717) is 30.1 Å². The first kappa shape index (κ1) is 16.4. The van der Waals surface area contributed by atoms with Crippen molar-refractivity contribution >= 4 is 17.0 Å².